The molecule has 0 saturated heterocycles. The lowest BCUT2D eigenvalue weighted by Crippen LogP contribution is -2.45. The highest BCUT2D eigenvalue weighted by atomic mass is 35.5. The molecule has 0 amide bonds. The van der Waals surface area contributed by atoms with Crippen LogP contribution in [0.5, 0.6) is 0 Å². The minimum atomic E-state index is -3.45. The summed E-state index contributed by atoms with van der Waals surface area (Å²) >= 11 is 12.7. The molecule has 6 nitrogen and oxygen atoms in total. The normalized spacial score (nSPS) is 20.4. The summed E-state index contributed by atoms with van der Waals surface area (Å²) in [5.74, 6) is 0.219. The van der Waals surface area contributed by atoms with Gasteiger partial charge in [-0.3, -0.25) is 0 Å². The number of aliphatic hydroxyl groups excluding tert-OH is 1. The fourth-order valence-corrected chi connectivity index (χ4v) is 5.12. The second kappa shape index (κ2) is 9.43. The first-order valence-electron chi connectivity index (χ1n) is 11.0. The van der Waals surface area contributed by atoms with Crippen molar-refractivity contribution < 1.29 is 23.0 Å². The molecule has 0 radical (unpaired) electrons. The number of aliphatic hydroxyl groups is 2. The molecule has 1 aliphatic carbocycles. The van der Waals surface area contributed by atoms with E-state index in [0.717, 1.165) is 6.26 Å². The molecule has 10 heteroatoms. The van der Waals surface area contributed by atoms with Crippen molar-refractivity contribution in [2.75, 3.05) is 12.9 Å². The van der Waals surface area contributed by atoms with Gasteiger partial charge in [-0.25, -0.2) is 17.8 Å². The number of halogens is 3. The van der Waals surface area contributed by atoms with Gasteiger partial charge in [-0.05, 0) is 55.3 Å². The summed E-state index contributed by atoms with van der Waals surface area (Å²) in [6.45, 7) is 2.46. The second-order valence-electron chi connectivity index (χ2n) is 9.29. The monoisotopic (exact) mass is 550 g/mol. The lowest BCUT2D eigenvalue weighted by Gasteiger charge is -2.36. The number of benzene rings is 2. The number of allylic oxidation sites excluding steroid dienone is 3. The zero-order valence-corrected chi connectivity index (χ0v) is 22.1. The molecule has 0 spiro atoms. The average molecular weight is 551 g/mol. The van der Waals surface area contributed by atoms with Crippen LogP contribution in [0.1, 0.15) is 25.1 Å². The van der Waals surface area contributed by atoms with Crippen molar-refractivity contribution >= 4 is 38.6 Å². The van der Waals surface area contributed by atoms with E-state index in [1.165, 1.54) is 35.0 Å². The summed E-state index contributed by atoms with van der Waals surface area (Å²) in [6, 6.07) is 11.2. The van der Waals surface area contributed by atoms with E-state index in [2.05, 4.69) is 4.98 Å². The summed E-state index contributed by atoms with van der Waals surface area (Å²) in [7, 11) is -3.45. The number of rotatable bonds is 6. The van der Waals surface area contributed by atoms with Crippen LogP contribution in [0.3, 0.4) is 0 Å². The molecule has 2 N–H and O–H groups in total. The molecule has 36 heavy (non-hydrogen) atoms. The molecule has 0 bridgehead atoms. The molecule has 3 aromatic rings. The summed E-state index contributed by atoms with van der Waals surface area (Å²) in [6.07, 6.45) is 5.31. The third kappa shape index (κ3) is 4.76. The summed E-state index contributed by atoms with van der Waals surface area (Å²) in [5.41, 5.74) is -1.35. The van der Waals surface area contributed by atoms with E-state index >= 15 is 4.39 Å². The zero-order valence-electron chi connectivity index (χ0n) is 19.8. The van der Waals surface area contributed by atoms with Gasteiger partial charge in [0.15, 0.2) is 9.84 Å². The van der Waals surface area contributed by atoms with Crippen molar-refractivity contribution in [2.24, 2.45) is 0 Å². The Balaban J connectivity index is 1.87. The maximum atomic E-state index is 16.1. The van der Waals surface area contributed by atoms with Crippen molar-refractivity contribution in [3.05, 3.63) is 88.2 Å². The number of nitrogens with zero attached hydrogens (tertiary/aromatic N) is 2. The molecular formula is C26H25Cl2FN2O4S. The largest absolute Gasteiger partial charge is 0.393 e. The minimum Gasteiger partial charge on any atom is -0.393 e. The highest BCUT2D eigenvalue weighted by molar-refractivity contribution is 7.90. The highest BCUT2D eigenvalue weighted by Crippen LogP contribution is 2.41. The lowest BCUT2D eigenvalue weighted by atomic mass is 9.85. The van der Waals surface area contributed by atoms with Gasteiger partial charge < -0.3 is 14.8 Å². The van der Waals surface area contributed by atoms with Crippen molar-refractivity contribution in [1.82, 2.24) is 9.55 Å². The van der Waals surface area contributed by atoms with Gasteiger partial charge in [0.05, 0.1) is 27.2 Å². The van der Waals surface area contributed by atoms with E-state index in [0.29, 0.717) is 16.7 Å². The van der Waals surface area contributed by atoms with Gasteiger partial charge in [-0.2, -0.15) is 0 Å². The minimum absolute atomic E-state index is 0.117. The van der Waals surface area contributed by atoms with Gasteiger partial charge in [0.25, 0.3) is 0 Å². The molecule has 2 atom stereocenters. The van der Waals surface area contributed by atoms with E-state index < -0.39 is 33.8 Å². The summed E-state index contributed by atoms with van der Waals surface area (Å²) in [4.78, 5) is 4.66. The zero-order chi connectivity index (χ0) is 26.5. The Labute approximate surface area is 219 Å². The number of hydrogen-bond donors (Lipinski definition) is 2. The maximum absolute atomic E-state index is 16.1. The van der Waals surface area contributed by atoms with E-state index in [1.807, 2.05) is 0 Å². The fourth-order valence-electron chi connectivity index (χ4n) is 4.07. The van der Waals surface area contributed by atoms with Gasteiger partial charge >= 0.3 is 0 Å². The first-order valence-corrected chi connectivity index (χ1v) is 13.7. The second-order valence-corrected chi connectivity index (χ2v) is 12.1. The summed E-state index contributed by atoms with van der Waals surface area (Å²) in [5, 5.41) is 21.6. The predicted octanol–water partition coefficient (Wildman–Crippen LogP) is 5.17. The molecule has 0 aliphatic heterocycles. The molecular weight excluding hydrogens is 526 g/mol. The topological polar surface area (TPSA) is 92.4 Å². The van der Waals surface area contributed by atoms with Crippen LogP contribution in [0.2, 0.25) is 10.0 Å². The Kier molecular flexibility index (Phi) is 6.96. The van der Waals surface area contributed by atoms with Crippen LogP contribution in [-0.4, -0.2) is 47.2 Å². The first kappa shape index (κ1) is 26.6. The Hall–Kier alpha value is -2.49. The van der Waals surface area contributed by atoms with Crippen LogP contribution in [-0.2, 0) is 21.0 Å². The maximum Gasteiger partial charge on any atom is 0.175 e. The Morgan fingerprint density at radius 2 is 1.89 bits per heavy atom. The van der Waals surface area contributed by atoms with Crippen molar-refractivity contribution in [3.63, 3.8) is 0 Å². The highest BCUT2D eigenvalue weighted by Gasteiger charge is 2.42. The standard InChI is InChI=1S/C26H25Cl2FN2O4S/c1-25(2,33)22-14-31(24(30-22)19-8-5-9-20(27)23(19)28)26(15-32)11-10-17(13-21(26)29)16-6-4-7-18(12-16)36(3,34)35/h4-14,21,32-33H,15H2,1-3H3. The van der Waals surface area contributed by atoms with Gasteiger partial charge in [0, 0.05) is 18.0 Å². The van der Waals surface area contributed by atoms with Crippen molar-refractivity contribution in [1.29, 1.82) is 0 Å². The van der Waals surface area contributed by atoms with Crippen LogP contribution in [0.4, 0.5) is 4.39 Å². The smallest absolute Gasteiger partial charge is 0.175 e. The van der Waals surface area contributed by atoms with Gasteiger partial charge in [-0.1, -0.05) is 53.6 Å². The Morgan fingerprint density at radius 3 is 2.50 bits per heavy atom. The fraction of sp³-hybridized carbons (Fsp3) is 0.269. The van der Waals surface area contributed by atoms with Crippen molar-refractivity contribution in [2.45, 2.75) is 36.1 Å². The van der Waals surface area contributed by atoms with Crippen LogP contribution in [0.25, 0.3) is 17.0 Å². The van der Waals surface area contributed by atoms with Crippen molar-refractivity contribution in [3.8, 4) is 11.4 Å². The number of alkyl halides is 1. The third-order valence-electron chi connectivity index (χ3n) is 6.18. The van der Waals surface area contributed by atoms with Gasteiger partial charge in [0.1, 0.15) is 23.1 Å². The number of hydrogen-bond acceptors (Lipinski definition) is 5. The molecule has 0 saturated carbocycles. The first-order chi connectivity index (χ1) is 16.8. The van der Waals surface area contributed by atoms with E-state index in [1.54, 1.807) is 50.3 Å². The number of sulfone groups is 1. The molecule has 0 fully saturated rings. The predicted molar refractivity (Wildman–Crippen MR) is 140 cm³/mol. The average Bonchev–Trinajstić information content (AvgIpc) is 3.27. The molecule has 1 aromatic heterocycles. The van der Waals surface area contributed by atoms with Crippen LogP contribution >= 0.6 is 23.2 Å². The molecule has 1 aliphatic rings. The van der Waals surface area contributed by atoms with Gasteiger partial charge in [0.2, 0.25) is 0 Å². The molecule has 2 unspecified atom stereocenters. The van der Waals surface area contributed by atoms with Crippen LogP contribution in [0, 0.1) is 0 Å². The molecule has 190 valence electrons. The third-order valence-corrected chi connectivity index (χ3v) is 8.11. The van der Waals surface area contributed by atoms with Crippen LogP contribution < -0.4 is 0 Å². The molecule has 1 heterocycles. The van der Waals surface area contributed by atoms with E-state index in [-0.39, 0.29) is 26.5 Å². The number of aromatic nitrogens is 2. The summed E-state index contributed by atoms with van der Waals surface area (Å²) < 4.78 is 41.5. The SMILES string of the molecule is CC(C)(O)c1cn(C2(CO)C=CC(c3cccc(S(C)(=O)=O)c3)=CC2F)c(-c2cccc(Cl)c2Cl)n1. The van der Waals surface area contributed by atoms with E-state index in [9.17, 15) is 18.6 Å². The molecule has 4 rings (SSSR count). The number of imidazole rings is 1. The Bertz CT molecular complexity index is 1490. The molecule has 2 aromatic carbocycles. The van der Waals surface area contributed by atoms with E-state index in [4.69, 9.17) is 23.2 Å². The van der Waals surface area contributed by atoms with Crippen LogP contribution in [0.15, 0.2) is 71.8 Å². The Morgan fingerprint density at radius 1 is 1.19 bits per heavy atom. The van der Waals surface area contributed by atoms with Gasteiger partial charge in [-0.15, -0.1) is 0 Å². The lowest BCUT2D eigenvalue weighted by molar-refractivity contribution is 0.0730. The quantitative estimate of drug-likeness (QED) is 0.441.